The molecule has 150 valence electrons. The number of halogens is 1. The molecule has 0 radical (unpaired) electrons. The van der Waals surface area contributed by atoms with Crippen molar-refractivity contribution in [2.75, 3.05) is 40.4 Å². The Morgan fingerprint density at radius 2 is 1.86 bits per heavy atom. The predicted molar refractivity (Wildman–Crippen MR) is 109 cm³/mol. The zero-order valence-electron chi connectivity index (χ0n) is 16.1. The average Bonchev–Trinajstić information content (AvgIpc) is 3.09. The summed E-state index contributed by atoms with van der Waals surface area (Å²) in [6.07, 6.45) is 0. The summed E-state index contributed by atoms with van der Waals surface area (Å²) >= 11 is 7.54. The van der Waals surface area contributed by atoms with Crippen molar-refractivity contribution >= 4 is 34.8 Å². The van der Waals surface area contributed by atoms with Gasteiger partial charge >= 0.3 is 5.97 Å². The van der Waals surface area contributed by atoms with Crippen LogP contribution in [0.3, 0.4) is 0 Å². The second kappa shape index (κ2) is 8.94. The standard InChI is InChI=1S/C20H23ClN2O4S/c1-13-11-16(26-2)18(28-13)19(24)23-9-7-22(8-10-23)17(20(25)27-3)14-5-4-6-15(21)12-14/h4-6,11-12,17H,7-10H2,1-3H3/t17-/m1/s1. The van der Waals surface area contributed by atoms with E-state index in [0.29, 0.717) is 41.8 Å². The van der Waals surface area contributed by atoms with E-state index in [2.05, 4.69) is 0 Å². The normalized spacial score (nSPS) is 15.9. The van der Waals surface area contributed by atoms with E-state index in [4.69, 9.17) is 21.1 Å². The molecule has 6 nitrogen and oxygen atoms in total. The monoisotopic (exact) mass is 422 g/mol. The summed E-state index contributed by atoms with van der Waals surface area (Å²) in [5, 5.41) is 0.570. The van der Waals surface area contributed by atoms with Crippen LogP contribution in [0, 0.1) is 6.92 Å². The molecule has 1 aromatic heterocycles. The van der Waals surface area contributed by atoms with Crippen molar-refractivity contribution in [1.82, 2.24) is 9.80 Å². The lowest BCUT2D eigenvalue weighted by Crippen LogP contribution is -2.51. The molecular weight excluding hydrogens is 400 g/mol. The number of hydrogen-bond acceptors (Lipinski definition) is 6. The minimum absolute atomic E-state index is 0.0352. The number of carbonyl (C=O) groups excluding carboxylic acids is 2. The molecule has 0 spiro atoms. The number of piperazine rings is 1. The van der Waals surface area contributed by atoms with Gasteiger partial charge in [-0.05, 0) is 30.7 Å². The van der Waals surface area contributed by atoms with Crippen molar-refractivity contribution in [1.29, 1.82) is 0 Å². The first kappa shape index (κ1) is 20.6. The molecule has 3 rings (SSSR count). The van der Waals surface area contributed by atoms with Crippen molar-refractivity contribution in [2.45, 2.75) is 13.0 Å². The van der Waals surface area contributed by atoms with Crippen LogP contribution >= 0.6 is 22.9 Å². The zero-order chi connectivity index (χ0) is 20.3. The molecule has 1 amide bonds. The number of hydrogen-bond donors (Lipinski definition) is 0. The largest absolute Gasteiger partial charge is 0.495 e. The molecule has 1 saturated heterocycles. The Bertz CT molecular complexity index is 862. The summed E-state index contributed by atoms with van der Waals surface area (Å²) in [4.78, 5) is 30.8. The van der Waals surface area contributed by atoms with Crippen LogP contribution in [0.1, 0.15) is 26.2 Å². The number of thiophene rings is 1. The summed E-state index contributed by atoms with van der Waals surface area (Å²) < 4.78 is 10.3. The van der Waals surface area contributed by atoms with E-state index in [-0.39, 0.29) is 11.9 Å². The van der Waals surface area contributed by atoms with Gasteiger partial charge in [0.2, 0.25) is 0 Å². The van der Waals surface area contributed by atoms with Gasteiger partial charge in [0.1, 0.15) is 16.7 Å². The highest BCUT2D eigenvalue weighted by Gasteiger charge is 2.33. The summed E-state index contributed by atoms with van der Waals surface area (Å²) in [6.45, 7) is 4.11. The number of nitrogens with zero attached hydrogens (tertiary/aromatic N) is 2. The van der Waals surface area contributed by atoms with Crippen molar-refractivity contribution in [3.8, 4) is 5.75 Å². The maximum Gasteiger partial charge on any atom is 0.327 e. The molecule has 1 aliphatic heterocycles. The molecule has 0 saturated carbocycles. The van der Waals surface area contributed by atoms with E-state index in [0.717, 1.165) is 10.4 Å². The second-order valence-corrected chi connectivity index (χ2v) is 8.26. The highest BCUT2D eigenvalue weighted by Crippen LogP contribution is 2.31. The molecule has 1 fully saturated rings. The number of rotatable bonds is 5. The van der Waals surface area contributed by atoms with E-state index >= 15 is 0 Å². The highest BCUT2D eigenvalue weighted by atomic mass is 35.5. The van der Waals surface area contributed by atoms with Crippen molar-refractivity contribution in [3.63, 3.8) is 0 Å². The molecule has 1 atom stereocenters. The van der Waals surface area contributed by atoms with Gasteiger partial charge in [-0.1, -0.05) is 23.7 Å². The minimum atomic E-state index is -0.542. The van der Waals surface area contributed by atoms with E-state index < -0.39 is 6.04 Å². The second-order valence-electron chi connectivity index (χ2n) is 6.56. The van der Waals surface area contributed by atoms with Crippen molar-refractivity contribution in [3.05, 3.63) is 50.7 Å². The zero-order valence-corrected chi connectivity index (χ0v) is 17.7. The van der Waals surface area contributed by atoms with Gasteiger partial charge < -0.3 is 14.4 Å². The van der Waals surface area contributed by atoms with E-state index in [9.17, 15) is 9.59 Å². The molecule has 0 unspecified atom stereocenters. The number of methoxy groups -OCH3 is 2. The van der Waals surface area contributed by atoms with Crippen LogP contribution in [0.15, 0.2) is 30.3 Å². The SMILES string of the molecule is COC(=O)[C@@H](c1cccc(Cl)c1)N1CCN(C(=O)c2sc(C)cc2OC)CC1. The molecule has 2 heterocycles. The first-order valence-electron chi connectivity index (χ1n) is 8.95. The van der Waals surface area contributed by atoms with E-state index in [1.54, 1.807) is 24.1 Å². The van der Waals surface area contributed by atoms with Crippen LogP contribution in [0.2, 0.25) is 5.02 Å². The highest BCUT2D eigenvalue weighted by molar-refractivity contribution is 7.14. The topological polar surface area (TPSA) is 59.1 Å². The van der Waals surface area contributed by atoms with Crippen LogP contribution in [-0.2, 0) is 9.53 Å². The Kier molecular flexibility index (Phi) is 6.59. The Morgan fingerprint density at radius 1 is 1.14 bits per heavy atom. The summed E-state index contributed by atoms with van der Waals surface area (Å²) in [6, 6.07) is 8.56. The molecule has 0 N–H and O–H groups in total. The number of amides is 1. The van der Waals surface area contributed by atoms with Crippen LogP contribution in [0.4, 0.5) is 0 Å². The molecule has 1 aliphatic rings. The van der Waals surface area contributed by atoms with E-state index in [1.165, 1.54) is 18.4 Å². The molecular formula is C20H23ClN2O4S. The first-order valence-corrected chi connectivity index (χ1v) is 10.1. The number of aryl methyl sites for hydroxylation is 1. The van der Waals surface area contributed by atoms with Crippen LogP contribution in [0.25, 0.3) is 0 Å². The molecule has 0 bridgehead atoms. The molecule has 28 heavy (non-hydrogen) atoms. The molecule has 8 heteroatoms. The number of carbonyl (C=O) groups is 2. The Balaban J connectivity index is 1.73. The average molecular weight is 423 g/mol. The lowest BCUT2D eigenvalue weighted by Gasteiger charge is -2.38. The van der Waals surface area contributed by atoms with E-state index in [1.807, 2.05) is 30.0 Å². The number of benzene rings is 1. The van der Waals surface area contributed by atoms with Crippen molar-refractivity contribution < 1.29 is 19.1 Å². The van der Waals surface area contributed by atoms with Gasteiger partial charge in [0.05, 0.1) is 14.2 Å². The third-order valence-corrected chi connectivity index (χ3v) is 6.05. The fraction of sp³-hybridized carbons (Fsp3) is 0.400. The lowest BCUT2D eigenvalue weighted by atomic mass is 10.0. The van der Waals surface area contributed by atoms with Gasteiger partial charge in [-0.25, -0.2) is 4.79 Å². The smallest absolute Gasteiger partial charge is 0.327 e. The van der Waals surface area contributed by atoms with Gasteiger partial charge in [0.15, 0.2) is 0 Å². The summed E-state index contributed by atoms with van der Waals surface area (Å²) in [5.74, 6) is 0.242. The van der Waals surface area contributed by atoms with Gasteiger partial charge in [-0.3, -0.25) is 9.69 Å². The molecule has 2 aromatic rings. The Labute approximate surface area is 173 Å². The fourth-order valence-corrected chi connectivity index (χ4v) is 4.55. The minimum Gasteiger partial charge on any atom is -0.495 e. The van der Waals surface area contributed by atoms with Crippen LogP contribution in [-0.4, -0.2) is 62.1 Å². The quantitative estimate of drug-likeness (QED) is 0.691. The fourth-order valence-electron chi connectivity index (χ4n) is 3.40. The third kappa shape index (κ3) is 4.32. The maximum atomic E-state index is 12.9. The van der Waals surface area contributed by atoms with Gasteiger partial charge in [-0.2, -0.15) is 0 Å². The number of esters is 1. The number of ether oxygens (including phenoxy) is 2. The molecule has 0 aliphatic carbocycles. The maximum absolute atomic E-state index is 12.9. The van der Waals surface area contributed by atoms with Crippen LogP contribution < -0.4 is 4.74 Å². The lowest BCUT2D eigenvalue weighted by molar-refractivity contribution is -0.148. The Hall–Kier alpha value is -2.09. The third-order valence-electron chi connectivity index (χ3n) is 4.79. The molecule has 1 aromatic carbocycles. The van der Waals surface area contributed by atoms with Crippen molar-refractivity contribution in [2.24, 2.45) is 0 Å². The van der Waals surface area contributed by atoms with Crippen LogP contribution in [0.5, 0.6) is 5.75 Å². The van der Waals surface area contributed by atoms with Gasteiger partial charge in [0, 0.05) is 36.1 Å². The predicted octanol–water partition coefficient (Wildman–Crippen LogP) is 3.39. The Morgan fingerprint density at radius 3 is 2.46 bits per heavy atom. The first-order chi connectivity index (χ1) is 13.4. The van der Waals surface area contributed by atoms with Gasteiger partial charge in [-0.15, -0.1) is 11.3 Å². The van der Waals surface area contributed by atoms with Gasteiger partial charge in [0.25, 0.3) is 5.91 Å². The summed E-state index contributed by atoms with van der Waals surface area (Å²) in [7, 11) is 2.95. The summed E-state index contributed by atoms with van der Waals surface area (Å²) in [5.41, 5.74) is 0.787.